The second-order valence-electron chi connectivity index (χ2n) is 6.33. The second kappa shape index (κ2) is 7.05. The second-order valence-corrected chi connectivity index (χ2v) is 6.77. The third kappa shape index (κ3) is 2.92. The fourth-order valence-corrected chi connectivity index (χ4v) is 3.53. The number of rotatable bonds is 4. The number of nitrogens with two attached hydrogens (primary N) is 1. The first-order valence-electron chi connectivity index (χ1n) is 8.65. The molecule has 142 valence electrons. The van der Waals surface area contributed by atoms with Crippen LogP contribution in [-0.2, 0) is 0 Å². The molecule has 0 spiro atoms. The van der Waals surface area contributed by atoms with Gasteiger partial charge < -0.3 is 15.2 Å². The summed E-state index contributed by atoms with van der Waals surface area (Å²) in [6, 6.07) is 13.2. The van der Waals surface area contributed by atoms with Crippen LogP contribution in [0.15, 0.2) is 48.7 Å². The van der Waals surface area contributed by atoms with Crippen molar-refractivity contribution in [2.24, 2.45) is 0 Å². The van der Waals surface area contributed by atoms with Gasteiger partial charge in [0.15, 0.2) is 17.1 Å². The minimum absolute atomic E-state index is 0.511. The van der Waals surface area contributed by atoms with Crippen LogP contribution in [-0.4, -0.2) is 28.8 Å². The molecular formula is C21H19ClN4O2. The molecule has 7 heteroatoms. The Balaban J connectivity index is 1.90. The first-order chi connectivity index (χ1) is 13.5. The van der Waals surface area contributed by atoms with E-state index in [1.807, 2.05) is 49.4 Å². The van der Waals surface area contributed by atoms with E-state index < -0.39 is 0 Å². The maximum atomic E-state index is 6.47. The number of hydrogen-bond acceptors (Lipinski definition) is 5. The molecule has 2 N–H and O–H groups in total. The van der Waals surface area contributed by atoms with Crippen LogP contribution in [0.2, 0.25) is 5.02 Å². The van der Waals surface area contributed by atoms with Crippen molar-refractivity contribution in [2.45, 2.75) is 6.92 Å². The van der Waals surface area contributed by atoms with Crippen LogP contribution in [0.1, 0.15) is 5.69 Å². The first kappa shape index (κ1) is 18.1. The van der Waals surface area contributed by atoms with Gasteiger partial charge in [0.25, 0.3) is 0 Å². The number of ether oxygens (including phenoxy) is 2. The Morgan fingerprint density at radius 2 is 1.79 bits per heavy atom. The highest BCUT2D eigenvalue weighted by atomic mass is 35.5. The third-order valence-corrected chi connectivity index (χ3v) is 4.91. The predicted octanol–water partition coefficient (Wildman–Crippen LogP) is 4.62. The van der Waals surface area contributed by atoms with Gasteiger partial charge in [-0.3, -0.25) is 0 Å². The van der Waals surface area contributed by atoms with Gasteiger partial charge in [0, 0.05) is 16.1 Å². The number of halogens is 1. The van der Waals surface area contributed by atoms with Crippen LogP contribution in [0.25, 0.3) is 27.9 Å². The van der Waals surface area contributed by atoms with Crippen molar-refractivity contribution in [3.8, 4) is 33.8 Å². The molecule has 0 saturated heterocycles. The summed E-state index contributed by atoms with van der Waals surface area (Å²) in [5, 5.41) is 5.11. The summed E-state index contributed by atoms with van der Waals surface area (Å²) in [5.41, 5.74) is 11.4. The summed E-state index contributed by atoms with van der Waals surface area (Å²) in [4.78, 5) is 4.78. The normalized spacial score (nSPS) is 11.0. The van der Waals surface area contributed by atoms with Gasteiger partial charge in [-0.25, -0.2) is 4.98 Å². The Kier molecular flexibility index (Phi) is 4.57. The number of nitrogens with zero attached hydrogens (tertiary/aromatic N) is 3. The largest absolute Gasteiger partial charge is 0.493 e. The topological polar surface area (TPSA) is 74.7 Å². The van der Waals surface area contributed by atoms with Gasteiger partial charge in [0.05, 0.1) is 26.1 Å². The molecule has 4 rings (SSSR count). The van der Waals surface area contributed by atoms with Crippen molar-refractivity contribution < 1.29 is 9.47 Å². The van der Waals surface area contributed by atoms with Crippen molar-refractivity contribution in [2.75, 3.05) is 20.0 Å². The van der Waals surface area contributed by atoms with E-state index in [0.717, 1.165) is 27.9 Å². The first-order valence-corrected chi connectivity index (χ1v) is 9.03. The molecule has 2 aromatic heterocycles. The van der Waals surface area contributed by atoms with Crippen LogP contribution < -0.4 is 15.2 Å². The minimum Gasteiger partial charge on any atom is -0.493 e. The van der Waals surface area contributed by atoms with Crippen LogP contribution in [0.4, 0.5) is 5.82 Å². The Bertz CT molecular complexity index is 1190. The Hall–Kier alpha value is -3.25. The molecule has 4 aromatic rings. The van der Waals surface area contributed by atoms with E-state index in [1.54, 1.807) is 24.9 Å². The molecule has 0 bridgehead atoms. The number of anilines is 1. The lowest BCUT2D eigenvalue weighted by atomic mass is 10.0. The smallest absolute Gasteiger partial charge is 0.165 e. The molecule has 0 aliphatic heterocycles. The monoisotopic (exact) mass is 394 g/mol. The number of methoxy groups -OCH3 is 2. The van der Waals surface area contributed by atoms with Crippen LogP contribution >= 0.6 is 11.6 Å². The van der Waals surface area contributed by atoms with Gasteiger partial charge >= 0.3 is 0 Å². The number of hydrogen-bond donors (Lipinski definition) is 1. The molecule has 6 nitrogen and oxygen atoms in total. The van der Waals surface area contributed by atoms with Crippen molar-refractivity contribution in [1.29, 1.82) is 0 Å². The fraction of sp³-hybridized carbons (Fsp3) is 0.143. The van der Waals surface area contributed by atoms with E-state index in [4.69, 9.17) is 31.8 Å². The SMILES string of the molecule is COc1ccc(-c2cnn3c(N)c(-c4cccc(Cl)c4)c(C)nc23)cc1OC. The van der Waals surface area contributed by atoms with Gasteiger partial charge in [-0.1, -0.05) is 29.8 Å². The molecule has 0 saturated carbocycles. The zero-order chi connectivity index (χ0) is 19.8. The van der Waals surface area contributed by atoms with E-state index in [1.165, 1.54) is 0 Å². The number of aryl methyl sites for hydroxylation is 1. The van der Waals surface area contributed by atoms with E-state index >= 15 is 0 Å². The van der Waals surface area contributed by atoms with Crippen molar-refractivity contribution in [3.63, 3.8) is 0 Å². The molecule has 0 aliphatic rings. The average Bonchev–Trinajstić information content (AvgIpc) is 3.11. The molecule has 2 aromatic carbocycles. The van der Waals surface area contributed by atoms with Crippen molar-refractivity contribution >= 4 is 23.1 Å². The van der Waals surface area contributed by atoms with Gasteiger partial charge in [-0.15, -0.1) is 0 Å². The summed E-state index contributed by atoms with van der Waals surface area (Å²) >= 11 is 6.15. The highest BCUT2D eigenvalue weighted by Crippen LogP contribution is 2.36. The molecular weight excluding hydrogens is 376 g/mol. The highest BCUT2D eigenvalue weighted by molar-refractivity contribution is 6.30. The number of benzene rings is 2. The van der Waals surface area contributed by atoms with Crippen LogP contribution in [0.3, 0.4) is 0 Å². The van der Waals surface area contributed by atoms with E-state index in [0.29, 0.717) is 28.0 Å². The van der Waals surface area contributed by atoms with E-state index in [2.05, 4.69) is 5.10 Å². The minimum atomic E-state index is 0.511. The number of fused-ring (bicyclic) bond motifs is 1. The molecule has 0 atom stereocenters. The molecule has 0 fully saturated rings. The Morgan fingerprint density at radius 1 is 1.00 bits per heavy atom. The molecule has 0 aliphatic carbocycles. The molecule has 0 amide bonds. The third-order valence-electron chi connectivity index (χ3n) is 4.67. The lowest BCUT2D eigenvalue weighted by Crippen LogP contribution is -2.05. The maximum Gasteiger partial charge on any atom is 0.165 e. The number of nitrogen functional groups attached to an aromatic ring is 1. The summed E-state index contributed by atoms with van der Waals surface area (Å²) < 4.78 is 12.4. The summed E-state index contributed by atoms with van der Waals surface area (Å²) in [6.07, 6.45) is 1.75. The van der Waals surface area contributed by atoms with Gasteiger partial charge in [-0.2, -0.15) is 9.61 Å². The maximum absolute atomic E-state index is 6.47. The summed E-state index contributed by atoms with van der Waals surface area (Å²) in [7, 11) is 3.21. The van der Waals surface area contributed by atoms with Gasteiger partial charge in [-0.05, 0) is 42.3 Å². The standard InChI is InChI=1S/C21H19ClN4O2/c1-12-19(14-5-4-6-15(22)9-14)20(23)26-21(25-12)16(11-24-26)13-7-8-17(27-2)18(10-13)28-3/h4-11H,23H2,1-3H3. The zero-order valence-electron chi connectivity index (χ0n) is 15.7. The van der Waals surface area contributed by atoms with E-state index in [-0.39, 0.29) is 0 Å². The Morgan fingerprint density at radius 3 is 2.50 bits per heavy atom. The predicted molar refractivity (Wildman–Crippen MR) is 111 cm³/mol. The lowest BCUT2D eigenvalue weighted by molar-refractivity contribution is 0.355. The van der Waals surface area contributed by atoms with E-state index in [9.17, 15) is 0 Å². The summed E-state index contributed by atoms with van der Waals surface area (Å²) in [5.74, 6) is 1.81. The van der Waals surface area contributed by atoms with Crippen molar-refractivity contribution in [1.82, 2.24) is 14.6 Å². The zero-order valence-corrected chi connectivity index (χ0v) is 16.5. The molecule has 0 radical (unpaired) electrons. The lowest BCUT2D eigenvalue weighted by Gasteiger charge is -2.12. The average molecular weight is 395 g/mol. The summed E-state index contributed by atoms with van der Waals surface area (Å²) in [6.45, 7) is 1.93. The van der Waals surface area contributed by atoms with Crippen molar-refractivity contribution in [3.05, 3.63) is 59.4 Å². The fourth-order valence-electron chi connectivity index (χ4n) is 3.34. The van der Waals surface area contributed by atoms with Crippen LogP contribution in [0, 0.1) is 6.92 Å². The number of aromatic nitrogens is 3. The molecule has 28 heavy (non-hydrogen) atoms. The highest BCUT2D eigenvalue weighted by Gasteiger charge is 2.18. The quantitative estimate of drug-likeness (QED) is 0.546. The van der Waals surface area contributed by atoms with Gasteiger partial charge in [0.1, 0.15) is 5.82 Å². The van der Waals surface area contributed by atoms with Gasteiger partial charge in [0.2, 0.25) is 0 Å². The molecule has 2 heterocycles. The molecule has 0 unspecified atom stereocenters. The van der Waals surface area contributed by atoms with Crippen LogP contribution in [0.5, 0.6) is 11.5 Å². The Labute approximate surface area is 167 Å².